The molecule has 2 saturated heterocycles. The summed E-state index contributed by atoms with van der Waals surface area (Å²) in [5, 5.41) is 12.0. The summed E-state index contributed by atoms with van der Waals surface area (Å²) < 4.78 is 1.88. The Labute approximate surface area is 211 Å². The number of piperidine rings is 2. The summed E-state index contributed by atoms with van der Waals surface area (Å²) in [6, 6.07) is 10.2. The number of benzene rings is 1. The van der Waals surface area contributed by atoms with Gasteiger partial charge in [0.15, 0.2) is 6.20 Å². The van der Waals surface area contributed by atoms with Crippen molar-refractivity contribution < 1.29 is 9.52 Å². The zero-order valence-electron chi connectivity index (χ0n) is 20.7. The molecule has 1 aromatic carbocycles. The van der Waals surface area contributed by atoms with Gasteiger partial charge in [0.2, 0.25) is 5.69 Å². The SMILES string of the molecule is CN=C(c1ccc(Br)cc1)C1CCN(C2(C)CCN(C(=O)c3c(C)cc[n+]([O-])c3C)CC2)CC1. The maximum Gasteiger partial charge on any atom is 0.260 e. The van der Waals surface area contributed by atoms with Gasteiger partial charge in [-0.05, 0) is 75.9 Å². The number of halogens is 1. The van der Waals surface area contributed by atoms with Crippen LogP contribution < -0.4 is 4.73 Å². The van der Waals surface area contributed by atoms with Gasteiger partial charge in [-0.15, -0.1) is 0 Å². The average Bonchev–Trinajstić information content (AvgIpc) is 2.84. The van der Waals surface area contributed by atoms with Crippen LogP contribution in [0.3, 0.4) is 0 Å². The molecule has 0 bridgehead atoms. The molecule has 0 spiro atoms. The van der Waals surface area contributed by atoms with Gasteiger partial charge in [0.1, 0.15) is 5.56 Å². The van der Waals surface area contributed by atoms with Gasteiger partial charge in [-0.25, -0.2) is 0 Å². The summed E-state index contributed by atoms with van der Waals surface area (Å²) in [7, 11) is 1.91. The summed E-state index contributed by atoms with van der Waals surface area (Å²) in [4.78, 5) is 22.5. The Balaban J connectivity index is 1.37. The highest BCUT2D eigenvalue weighted by Crippen LogP contribution is 2.34. The van der Waals surface area contributed by atoms with Gasteiger partial charge in [0, 0.05) is 54.8 Å². The Kier molecular flexibility index (Phi) is 7.43. The maximum atomic E-state index is 13.2. The average molecular weight is 528 g/mol. The molecule has 1 aromatic heterocycles. The van der Waals surface area contributed by atoms with Crippen LogP contribution in [0.5, 0.6) is 0 Å². The number of aliphatic imine (C=N–C) groups is 1. The second-order valence-electron chi connectivity index (χ2n) is 9.95. The minimum absolute atomic E-state index is 0.0146. The van der Waals surface area contributed by atoms with Crippen LogP contribution in [0.2, 0.25) is 0 Å². The smallest absolute Gasteiger partial charge is 0.260 e. The second kappa shape index (κ2) is 10.2. The lowest BCUT2D eigenvalue weighted by Crippen LogP contribution is -2.57. The van der Waals surface area contributed by atoms with E-state index in [2.05, 4.69) is 57.0 Å². The van der Waals surface area contributed by atoms with Gasteiger partial charge >= 0.3 is 0 Å². The number of amides is 1. The van der Waals surface area contributed by atoms with Crippen LogP contribution in [-0.2, 0) is 0 Å². The topological polar surface area (TPSA) is 62.8 Å². The van der Waals surface area contributed by atoms with Crippen LogP contribution in [0.1, 0.15) is 59.8 Å². The Bertz CT molecular complexity index is 1070. The summed E-state index contributed by atoms with van der Waals surface area (Å²) in [5.41, 5.74) is 4.43. The fourth-order valence-corrected chi connectivity index (χ4v) is 5.88. The van der Waals surface area contributed by atoms with E-state index in [0.29, 0.717) is 17.2 Å². The number of hydrogen-bond acceptors (Lipinski definition) is 4. The number of nitrogens with zero attached hydrogens (tertiary/aromatic N) is 4. The van der Waals surface area contributed by atoms with Gasteiger partial charge in [0.05, 0.1) is 0 Å². The van der Waals surface area contributed by atoms with Crippen molar-refractivity contribution in [2.75, 3.05) is 33.2 Å². The van der Waals surface area contributed by atoms with E-state index >= 15 is 0 Å². The van der Waals surface area contributed by atoms with E-state index < -0.39 is 0 Å². The molecule has 0 saturated carbocycles. The fourth-order valence-electron chi connectivity index (χ4n) is 5.62. The first kappa shape index (κ1) is 24.9. The van der Waals surface area contributed by atoms with E-state index in [1.807, 2.05) is 18.9 Å². The first-order chi connectivity index (χ1) is 16.2. The Morgan fingerprint density at radius 2 is 1.71 bits per heavy atom. The van der Waals surface area contributed by atoms with Crippen molar-refractivity contribution in [3.05, 3.63) is 68.6 Å². The molecule has 6 nitrogen and oxygen atoms in total. The molecule has 0 unspecified atom stereocenters. The van der Waals surface area contributed by atoms with Crippen LogP contribution in [-0.4, -0.2) is 60.2 Å². The monoisotopic (exact) mass is 526 g/mol. The first-order valence-corrected chi connectivity index (χ1v) is 13.0. The molecule has 7 heteroatoms. The van der Waals surface area contributed by atoms with Gasteiger partial charge in [0.25, 0.3) is 5.91 Å². The lowest BCUT2D eigenvalue weighted by molar-refractivity contribution is -0.612. The van der Waals surface area contributed by atoms with Gasteiger partial charge < -0.3 is 10.1 Å². The summed E-state index contributed by atoms with van der Waals surface area (Å²) in [5.74, 6) is 0.467. The molecule has 3 heterocycles. The summed E-state index contributed by atoms with van der Waals surface area (Å²) in [6.45, 7) is 9.54. The Morgan fingerprint density at radius 1 is 1.09 bits per heavy atom. The summed E-state index contributed by atoms with van der Waals surface area (Å²) >= 11 is 3.52. The van der Waals surface area contributed by atoms with Crippen LogP contribution >= 0.6 is 15.9 Å². The highest BCUT2D eigenvalue weighted by molar-refractivity contribution is 9.10. The van der Waals surface area contributed by atoms with Crippen LogP contribution in [0.4, 0.5) is 0 Å². The normalized spacial score (nSPS) is 19.9. The third-order valence-corrected chi connectivity index (χ3v) is 8.44. The molecule has 0 atom stereocenters. The molecule has 1 amide bonds. The minimum Gasteiger partial charge on any atom is -0.618 e. The maximum absolute atomic E-state index is 13.2. The van der Waals surface area contributed by atoms with Crippen molar-refractivity contribution in [3.63, 3.8) is 0 Å². The van der Waals surface area contributed by atoms with E-state index in [9.17, 15) is 10.0 Å². The predicted molar refractivity (Wildman–Crippen MR) is 139 cm³/mol. The highest BCUT2D eigenvalue weighted by atomic mass is 79.9. The number of carbonyl (C=O) groups is 1. The first-order valence-electron chi connectivity index (χ1n) is 12.2. The van der Waals surface area contributed by atoms with E-state index in [4.69, 9.17) is 0 Å². The van der Waals surface area contributed by atoms with Crippen LogP contribution in [0.25, 0.3) is 0 Å². The molecule has 0 aliphatic carbocycles. The lowest BCUT2D eigenvalue weighted by atomic mass is 9.82. The number of aryl methyl sites for hydroxylation is 1. The second-order valence-corrected chi connectivity index (χ2v) is 10.9. The largest absolute Gasteiger partial charge is 0.618 e. The highest BCUT2D eigenvalue weighted by Gasteiger charge is 2.39. The van der Waals surface area contributed by atoms with Crippen molar-refractivity contribution >= 4 is 27.5 Å². The zero-order chi connectivity index (χ0) is 24.5. The molecule has 2 aromatic rings. The molecule has 2 aliphatic rings. The van der Waals surface area contributed by atoms with E-state index in [0.717, 1.165) is 66.6 Å². The van der Waals surface area contributed by atoms with E-state index in [1.165, 1.54) is 17.5 Å². The van der Waals surface area contributed by atoms with Crippen molar-refractivity contribution in [1.29, 1.82) is 0 Å². The van der Waals surface area contributed by atoms with Crippen LogP contribution in [0, 0.1) is 25.0 Å². The molecule has 182 valence electrons. The van der Waals surface area contributed by atoms with Crippen molar-refractivity contribution in [2.24, 2.45) is 10.9 Å². The van der Waals surface area contributed by atoms with E-state index in [1.54, 1.807) is 13.0 Å². The molecule has 34 heavy (non-hydrogen) atoms. The molecule has 4 rings (SSSR count). The fraction of sp³-hybridized carbons (Fsp3) is 0.519. The van der Waals surface area contributed by atoms with Gasteiger partial charge in [-0.1, -0.05) is 28.1 Å². The number of rotatable bonds is 4. The standard InChI is InChI=1S/C27H35BrN4O2/c1-19-9-16-32(34)20(2)24(19)26(33)30-17-12-27(3,13-18-30)31-14-10-22(11-15-31)25(29-4)21-5-7-23(28)8-6-21/h5-9,16,22H,10-15,17-18H2,1-4H3. The number of carbonyl (C=O) groups excluding carboxylic acids is 1. The molecule has 0 N–H and O–H groups in total. The van der Waals surface area contributed by atoms with Crippen molar-refractivity contribution in [3.8, 4) is 0 Å². The number of hydrogen-bond donors (Lipinski definition) is 0. The minimum atomic E-state index is -0.0146. The third-order valence-electron chi connectivity index (χ3n) is 7.91. The molecular formula is C27H35BrN4O2. The van der Waals surface area contributed by atoms with Crippen molar-refractivity contribution in [1.82, 2.24) is 9.80 Å². The zero-order valence-corrected chi connectivity index (χ0v) is 22.3. The number of pyridine rings is 1. The van der Waals surface area contributed by atoms with Crippen molar-refractivity contribution in [2.45, 2.75) is 52.0 Å². The molecule has 2 aliphatic heterocycles. The number of aromatic nitrogens is 1. The molecule has 2 fully saturated rings. The van der Waals surface area contributed by atoms with Gasteiger partial charge in [-0.2, -0.15) is 4.73 Å². The summed E-state index contributed by atoms with van der Waals surface area (Å²) in [6.07, 6.45) is 5.59. The number of likely N-dealkylation sites (tertiary alicyclic amines) is 2. The predicted octanol–water partition coefficient (Wildman–Crippen LogP) is 4.53. The van der Waals surface area contributed by atoms with Crippen LogP contribution in [0.15, 0.2) is 46.0 Å². The van der Waals surface area contributed by atoms with E-state index in [-0.39, 0.29) is 11.4 Å². The molecule has 0 radical (unpaired) electrons. The quantitative estimate of drug-likeness (QED) is 0.334. The Morgan fingerprint density at radius 3 is 2.29 bits per heavy atom. The third kappa shape index (κ3) is 4.91. The molecular weight excluding hydrogens is 492 g/mol. The lowest BCUT2D eigenvalue weighted by Gasteiger charge is -2.49. The Hall–Kier alpha value is -2.25. The van der Waals surface area contributed by atoms with Gasteiger partial charge in [-0.3, -0.25) is 14.7 Å².